The Morgan fingerprint density at radius 2 is 1.86 bits per heavy atom. The molecule has 0 aromatic heterocycles. The number of thioether (sulfide) groups is 1. The summed E-state index contributed by atoms with van der Waals surface area (Å²) in [5.41, 5.74) is 0. The molecule has 1 aliphatic carbocycles. The molecule has 1 N–H and O–H groups in total. The van der Waals surface area contributed by atoms with Crippen LogP contribution in [0.4, 0.5) is 0 Å². The van der Waals surface area contributed by atoms with Crippen molar-refractivity contribution in [2.45, 2.75) is 88.3 Å². The summed E-state index contributed by atoms with van der Waals surface area (Å²) in [6, 6.07) is 0.199. The van der Waals surface area contributed by atoms with Crippen molar-refractivity contribution in [2.24, 2.45) is 0 Å². The molecule has 0 saturated heterocycles. The Morgan fingerprint density at radius 1 is 1.18 bits per heavy atom. The van der Waals surface area contributed by atoms with Crippen LogP contribution in [-0.4, -0.2) is 17.2 Å². The van der Waals surface area contributed by atoms with Crippen LogP contribution in [0.15, 0.2) is 12.7 Å². The van der Waals surface area contributed by atoms with Crippen LogP contribution in [0.3, 0.4) is 0 Å². The Kier molecular flexibility index (Phi) is 10.9. The van der Waals surface area contributed by atoms with E-state index in [9.17, 15) is 4.79 Å². The van der Waals surface area contributed by atoms with Gasteiger partial charge >= 0.3 is 0 Å². The number of rotatable bonds is 11. The van der Waals surface area contributed by atoms with Gasteiger partial charge in [0.25, 0.3) is 0 Å². The van der Waals surface area contributed by atoms with Crippen LogP contribution >= 0.6 is 11.8 Å². The van der Waals surface area contributed by atoms with Crippen molar-refractivity contribution < 1.29 is 4.79 Å². The highest BCUT2D eigenvalue weighted by molar-refractivity contribution is 8.04. The summed E-state index contributed by atoms with van der Waals surface area (Å²) in [4.78, 5) is 12.0. The zero-order valence-electron chi connectivity index (χ0n) is 13.7. The van der Waals surface area contributed by atoms with Gasteiger partial charge in [-0.05, 0) is 43.9 Å². The van der Waals surface area contributed by atoms with Crippen molar-refractivity contribution in [2.75, 3.05) is 0 Å². The second kappa shape index (κ2) is 12.6. The molecule has 0 aromatic carbocycles. The number of nitrogens with one attached hydrogen (secondary N) is 1. The predicted octanol–water partition coefficient (Wildman–Crippen LogP) is 4.93. The van der Waals surface area contributed by atoms with E-state index < -0.39 is 0 Å². The Morgan fingerprint density at radius 3 is 2.59 bits per heavy atom. The van der Waals surface area contributed by atoms with E-state index >= 15 is 0 Å². The summed E-state index contributed by atoms with van der Waals surface area (Å²) in [6.07, 6.45) is 15.3. The number of nitrogens with zero attached hydrogens (tertiary/aromatic N) is 1. The van der Waals surface area contributed by atoms with Gasteiger partial charge in [0, 0.05) is 17.7 Å². The second-order valence-electron chi connectivity index (χ2n) is 6.15. The van der Waals surface area contributed by atoms with E-state index in [4.69, 9.17) is 5.26 Å². The zero-order valence-corrected chi connectivity index (χ0v) is 14.5. The first-order valence-corrected chi connectivity index (χ1v) is 9.61. The number of hydrogen-bond donors (Lipinski definition) is 1. The van der Waals surface area contributed by atoms with Crippen LogP contribution in [-0.2, 0) is 4.79 Å². The average molecular weight is 323 g/mol. The maximum absolute atomic E-state index is 12.0. The maximum Gasteiger partial charge on any atom is 0.220 e. The van der Waals surface area contributed by atoms with E-state index in [1.54, 1.807) is 0 Å². The Balaban J connectivity index is 2.07. The molecule has 1 saturated carbocycles. The molecule has 0 spiro atoms. The van der Waals surface area contributed by atoms with E-state index in [1.165, 1.54) is 43.9 Å². The normalized spacial score (nSPS) is 21.0. The van der Waals surface area contributed by atoms with Gasteiger partial charge in [0.1, 0.15) is 5.40 Å². The summed E-state index contributed by atoms with van der Waals surface area (Å²) in [5, 5.41) is 14.5. The van der Waals surface area contributed by atoms with Crippen molar-refractivity contribution in [1.29, 1.82) is 5.26 Å². The van der Waals surface area contributed by atoms with Crippen LogP contribution in [0.25, 0.3) is 0 Å². The summed E-state index contributed by atoms with van der Waals surface area (Å²) in [6.45, 7) is 3.73. The molecule has 22 heavy (non-hydrogen) atoms. The molecule has 1 rings (SSSR count). The zero-order chi connectivity index (χ0) is 16.0. The standard InChI is InChI=1S/C18H30N2OS/c1-2-3-4-5-6-7-8-9-14-18(21)20-16-12-10-11-13-17(16)22-15-19/h2,16-17H,1,3-14H2,(H,20,21)/t16-,17?/m0/s1. The highest BCUT2D eigenvalue weighted by Gasteiger charge is 2.26. The summed E-state index contributed by atoms with van der Waals surface area (Å²) >= 11 is 1.33. The first-order chi connectivity index (χ1) is 10.8. The summed E-state index contributed by atoms with van der Waals surface area (Å²) in [5.74, 6) is 0.169. The minimum atomic E-state index is 0.169. The first kappa shape index (κ1) is 19.1. The molecule has 4 heteroatoms. The molecule has 1 amide bonds. The third kappa shape index (κ3) is 8.48. The quantitative estimate of drug-likeness (QED) is 0.333. The van der Waals surface area contributed by atoms with Gasteiger partial charge in [-0.25, -0.2) is 0 Å². The fourth-order valence-electron chi connectivity index (χ4n) is 3.03. The third-order valence-electron chi connectivity index (χ3n) is 4.32. The van der Waals surface area contributed by atoms with Gasteiger partial charge in [-0.3, -0.25) is 4.79 Å². The molecular formula is C18H30N2OS. The highest BCUT2D eigenvalue weighted by Crippen LogP contribution is 2.28. The van der Waals surface area contributed by atoms with Crippen LogP contribution in [0.1, 0.15) is 77.0 Å². The fourth-order valence-corrected chi connectivity index (χ4v) is 3.82. The van der Waals surface area contributed by atoms with Crippen molar-refractivity contribution in [3.63, 3.8) is 0 Å². The van der Waals surface area contributed by atoms with Gasteiger partial charge in [0.15, 0.2) is 0 Å². The number of allylic oxidation sites excluding steroid dienone is 1. The molecule has 0 aromatic rings. The van der Waals surface area contributed by atoms with Gasteiger partial charge in [0.2, 0.25) is 5.91 Å². The molecule has 0 radical (unpaired) electrons. The van der Waals surface area contributed by atoms with E-state index in [1.807, 2.05) is 6.08 Å². The summed E-state index contributed by atoms with van der Waals surface area (Å²) in [7, 11) is 0. The smallest absolute Gasteiger partial charge is 0.220 e. The third-order valence-corrected chi connectivity index (χ3v) is 5.29. The molecule has 0 bridgehead atoms. The lowest BCUT2D eigenvalue weighted by Crippen LogP contribution is -2.43. The lowest BCUT2D eigenvalue weighted by Gasteiger charge is -2.29. The van der Waals surface area contributed by atoms with Gasteiger partial charge < -0.3 is 5.32 Å². The van der Waals surface area contributed by atoms with Crippen molar-refractivity contribution in [3.8, 4) is 5.40 Å². The van der Waals surface area contributed by atoms with Crippen LogP contribution in [0.2, 0.25) is 0 Å². The molecule has 1 unspecified atom stereocenters. The highest BCUT2D eigenvalue weighted by atomic mass is 32.2. The largest absolute Gasteiger partial charge is 0.352 e. The fraction of sp³-hybridized carbons (Fsp3) is 0.778. The van der Waals surface area contributed by atoms with Gasteiger partial charge in [-0.15, -0.1) is 6.58 Å². The van der Waals surface area contributed by atoms with Crippen LogP contribution < -0.4 is 5.32 Å². The SMILES string of the molecule is C=CCCCCCCCCC(=O)N[C@H]1CCCCC1SC#N. The number of amides is 1. The Labute approximate surface area is 139 Å². The second-order valence-corrected chi connectivity index (χ2v) is 7.18. The van der Waals surface area contributed by atoms with Gasteiger partial charge in [-0.2, -0.15) is 5.26 Å². The number of carbonyl (C=O) groups excluding carboxylic acids is 1. The van der Waals surface area contributed by atoms with Crippen LogP contribution in [0, 0.1) is 10.7 Å². The molecule has 1 aliphatic rings. The summed E-state index contributed by atoms with van der Waals surface area (Å²) < 4.78 is 0. The maximum atomic E-state index is 12.0. The number of carbonyl (C=O) groups is 1. The molecular weight excluding hydrogens is 292 g/mol. The van der Waals surface area contributed by atoms with Crippen molar-refractivity contribution in [3.05, 3.63) is 12.7 Å². The molecule has 124 valence electrons. The Bertz CT molecular complexity index is 365. The molecule has 1 fully saturated rings. The minimum absolute atomic E-state index is 0.169. The number of thiocyanates is 1. The first-order valence-electron chi connectivity index (χ1n) is 8.73. The number of unbranched alkanes of at least 4 members (excludes halogenated alkanes) is 6. The lowest BCUT2D eigenvalue weighted by atomic mass is 9.94. The number of nitriles is 1. The lowest BCUT2D eigenvalue weighted by molar-refractivity contribution is -0.122. The molecule has 0 aliphatic heterocycles. The molecule has 2 atom stereocenters. The van der Waals surface area contributed by atoms with Gasteiger partial charge in [-0.1, -0.05) is 44.6 Å². The van der Waals surface area contributed by atoms with Crippen molar-refractivity contribution >= 4 is 17.7 Å². The topological polar surface area (TPSA) is 52.9 Å². The van der Waals surface area contributed by atoms with Gasteiger partial charge in [0.05, 0.1) is 0 Å². The van der Waals surface area contributed by atoms with E-state index in [0.717, 1.165) is 38.5 Å². The molecule has 0 heterocycles. The minimum Gasteiger partial charge on any atom is -0.352 e. The predicted molar refractivity (Wildman–Crippen MR) is 94.5 cm³/mol. The molecule has 3 nitrogen and oxygen atoms in total. The van der Waals surface area contributed by atoms with E-state index in [0.29, 0.717) is 6.42 Å². The van der Waals surface area contributed by atoms with Crippen molar-refractivity contribution in [1.82, 2.24) is 5.32 Å². The Hall–Kier alpha value is -0.950. The monoisotopic (exact) mass is 322 g/mol. The number of hydrogen-bond acceptors (Lipinski definition) is 3. The van der Waals surface area contributed by atoms with Crippen LogP contribution in [0.5, 0.6) is 0 Å². The average Bonchev–Trinajstić information content (AvgIpc) is 2.52. The van der Waals surface area contributed by atoms with E-state index in [-0.39, 0.29) is 17.2 Å². The van der Waals surface area contributed by atoms with E-state index in [2.05, 4.69) is 17.3 Å².